The molecule has 0 saturated heterocycles. The smallest absolute Gasteiger partial charge is 0.153 e. The fourth-order valence-electron chi connectivity index (χ4n) is 8.39. The second-order valence-electron chi connectivity index (χ2n) is 14.6. The highest BCUT2D eigenvalue weighted by atomic mass is 16.3. The molecule has 0 amide bonds. The van der Waals surface area contributed by atoms with Crippen molar-refractivity contribution in [3.63, 3.8) is 0 Å². The fraction of sp³-hybridized carbons (Fsp3) is 0. The van der Waals surface area contributed by atoms with Crippen molar-refractivity contribution in [3.8, 4) is 55.6 Å². The van der Waals surface area contributed by atoms with Gasteiger partial charge in [0.1, 0.15) is 22.3 Å². The van der Waals surface area contributed by atoms with Crippen LogP contribution in [0.5, 0.6) is 0 Å². The van der Waals surface area contributed by atoms with Crippen LogP contribution in [0.4, 0.5) is 0 Å². The molecule has 12 rings (SSSR count). The maximum absolute atomic E-state index is 6.37. The van der Waals surface area contributed by atoms with E-state index in [4.69, 9.17) is 13.3 Å². The van der Waals surface area contributed by atoms with Gasteiger partial charge in [0.25, 0.3) is 0 Å². The van der Waals surface area contributed by atoms with Crippen molar-refractivity contribution < 1.29 is 13.3 Å². The summed E-state index contributed by atoms with van der Waals surface area (Å²) in [5.41, 5.74) is 16.5. The van der Waals surface area contributed by atoms with Crippen molar-refractivity contribution in [1.29, 1.82) is 0 Å². The number of nitrogens with zero attached hydrogens (tertiary/aromatic N) is 2. The van der Waals surface area contributed by atoms with E-state index in [0.717, 1.165) is 121 Å². The van der Waals surface area contributed by atoms with E-state index in [2.05, 4.69) is 156 Å². The third-order valence-electron chi connectivity index (χ3n) is 11.3. The van der Waals surface area contributed by atoms with Gasteiger partial charge in [0.2, 0.25) is 0 Å². The maximum Gasteiger partial charge on any atom is 0.153 e. The molecule has 57 heavy (non-hydrogen) atoms. The highest BCUT2D eigenvalue weighted by Crippen LogP contribution is 2.39. The molecule has 0 aliphatic carbocycles. The summed E-state index contributed by atoms with van der Waals surface area (Å²) in [6, 6.07) is 56.1. The molecule has 0 unspecified atom stereocenters. The lowest BCUT2D eigenvalue weighted by molar-refractivity contribution is 0.666. The van der Waals surface area contributed by atoms with E-state index < -0.39 is 0 Å². The van der Waals surface area contributed by atoms with Crippen molar-refractivity contribution in [1.82, 2.24) is 9.97 Å². The lowest BCUT2D eigenvalue weighted by Gasteiger charge is -2.09. The first-order valence-electron chi connectivity index (χ1n) is 19.0. The first kappa shape index (κ1) is 31.6. The topological polar surface area (TPSA) is 65.2 Å². The fourth-order valence-corrected chi connectivity index (χ4v) is 8.39. The van der Waals surface area contributed by atoms with Crippen LogP contribution in [-0.2, 0) is 0 Å². The van der Waals surface area contributed by atoms with Gasteiger partial charge >= 0.3 is 0 Å². The van der Waals surface area contributed by atoms with Gasteiger partial charge in [-0.25, -0.2) is 0 Å². The minimum atomic E-state index is 0.799. The van der Waals surface area contributed by atoms with Crippen LogP contribution in [0.3, 0.4) is 0 Å². The van der Waals surface area contributed by atoms with Crippen LogP contribution in [-0.4, -0.2) is 9.97 Å². The SMILES string of the molecule is c1cc(-c2cccc(-c3ccc4oc5ccc(-c6cccc(-c7ccc8oc9cnccc9c8c7)c6)cc5c4c3)c2)cc(-c2ccc3oc4cnccc4c3c2)c1. The Morgan fingerprint density at radius 1 is 0.246 bits per heavy atom. The van der Waals surface area contributed by atoms with E-state index in [1.54, 1.807) is 12.4 Å². The van der Waals surface area contributed by atoms with Gasteiger partial charge in [0.15, 0.2) is 11.2 Å². The van der Waals surface area contributed by atoms with E-state index in [0.29, 0.717) is 0 Å². The first-order valence-corrected chi connectivity index (χ1v) is 19.0. The summed E-state index contributed by atoms with van der Waals surface area (Å²) >= 11 is 0. The summed E-state index contributed by atoms with van der Waals surface area (Å²) in [6.07, 6.45) is 7.17. The Bertz CT molecular complexity index is 3550. The molecule has 0 atom stereocenters. The zero-order chi connectivity index (χ0) is 37.5. The number of fused-ring (bicyclic) bond motifs is 9. The molecule has 5 heteroatoms. The molecule has 5 nitrogen and oxygen atoms in total. The van der Waals surface area contributed by atoms with Crippen molar-refractivity contribution in [2.45, 2.75) is 0 Å². The summed E-state index contributed by atoms with van der Waals surface area (Å²) in [4.78, 5) is 8.45. The second kappa shape index (κ2) is 12.4. The van der Waals surface area contributed by atoms with Gasteiger partial charge in [0, 0.05) is 44.7 Å². The van der Waals surface area contributed by atoms with E-state index in [9.17, 15) is 0 Å². The summed E-state index contributed by atoms with van der Waals surface area (Å²) < 4.78 is 18.4. The van der Waals surface area contributed by atoms with Gasteiger partial charge in [0.05, 0.1) is 12.4 Å². The number of furan rings is 3. The van der Waals surface area contributed by atoms with Crippen LogP contribution in [0.1, 0.15) is 0 Å². The molecular formula is C52H30N2O3. The lowest BCUT2D eigenvalue weighted by atomic mass is 9.95. The summed E-state index contributed by atoms with van der Waals surface area (Å²) in [5.74, 6) is 0. The van der Waals surface area contributed by atoms with Gasteiger partial charge in [-0.2, -0.15) is 0 Å². The molecule has 0 radical (unpaired) electrons. The molecule has 0 spiro atoms. The third kappa shape index (κ3) is 5.24. The highest BCUT2D eigenvalue weighted by Gasteiger charge is 2.14. The lowest BCUT2D eigenvalue weighted by Crippen LogP contribution is -1.84. The zero-order valence-corrected chi connectivity index (χ0v) is 30.4. The Kier molecular flexibility index (Phi) is 6.86. The Morgan fingerprint density at radius 2 is 0.526 bits per heavy atom. The van der Waals surface area contributed by atoms with Crippen molar-refractivity contribution >= 4 is 65.8 Å². The number of hydrogen-bond acceptors (Lipinski definition) is 5. The van der Waals surface area contributed by atoms with Crippen molar-refractivity contribution in [2.24, 2.45) is 0 Å². The molecule has 0 saturated carbocycles. The largest absolute Gasteiger partial charge is 0.456 e. The van der Waals surface area contributed by atoms with Gasteiger partial charge in [-0.05, 0) is 134 Å². The second-order valence-corrected chi connectivity index (χ2v) is 14.6. The Balaban J connectivity index is 0.881. The normalized spacial score (nSPS) is 11.9. The van der Waals surface area contributed by atoms with Crippen LogP contribution < -0.4 is 0 Å². The number of rotatable bonds is 5. The standard InChI is InChI=1S/C52H30N2O3/c1-4-31(22-33(6-1)37-10-14-47-43(25-37)41-18-20-53-29-51(41)56-47)32-5-2-7-34(23-32)39-12-16-49-45(27-39)46-28-40(13-17-50(46)55-49)36-9-3-8-35(24-36)38-11-15-48-44(26-38)42-19-21-54-30-52(42)57-48/h1-30H. The van der Waals surface area contributed by atoms with Gasteiger partial charge in [-0.1, -0.05) is 78.9 Å². The molecule has 0 aliphatic rings. The van der Waals surface area contributed by atoms with E-state index >= 15 is 0 Å². The molecule has 0 aliphatic heterocycles. The number of hydrogen-bond donors (Lipinski definition) is 0. The Hall–Kier alpha value is -7.76. The molecule has 5 heterocycles. The van der Waals surface area contributed by atoms with Crippen molar-refractivity contribution in [2.75, 3.05) is 0 Å². The zero-order valence-electron chi connectivity index (χ0n) is 30.4. The van der Waals surface area contributed by atoms with E-state index in [1.165, 1.54) is 0 Å². The van der Waals surface area contributed by atoms with Crippen LogP contribution in [0.15, 0.2) is 196 Å². The maximum atomic E-state index is 6.37. The Labute approximate surface area is 326 Å². The molecule has 266 valence electrons. The summed E-state index contributed by atoms with van der Waals surface area (Å²) in [7, 11) is 0. The van der Waals surface area contributed by atoms with Gasteiger partial charge in [-0.15, -0.1) is 0 Å². The van der Waals surface area contributed by atoms with Crippen LogP contribution in [0.2, 0.25) is 0 Å². The first-order chi connectivity index (χ1) is 28.2. The molecule has 7 aromatic carbocycles. The molecular weight excluding hydrogens is 701 g/mol. The average molecular weight is 731 g/mol. The number of benzene rings is 7. The van der Waals surface area contributed by atoms with E-state index in [-0.39, 0.29) is 0 Å². The van der Waals surface area contributed by atoms with Crippen LogP contribution in [0.25, 0.3) is 121 Å². The summed E-state index contributed by atoms with van der Waals surface area (Å²) in [6.45, 7) is 0. The van der Waals surface area contributed by atoms with E-state index in [1.807, 2.05) is 24.5 Å². The third-order valence-corrected chi connectivity index (χ3v) is 11.3. The minimum Gasteiger partial charge on any atom is -0.456 e. The number of aromatic nitrogens is 2. The molecule has 12 aromatic rings. The van der Waals surface area contributed by atoms with Gasteiger partial charge < -0.3 is 13.3 Å². The average Bonchev–Trinajstić information content (AvgIpc) is 3.96. The molecule has 0 fully saturated rings. The van der Waals surface area contributed by atoms with Crippen LogP contribution in [0, 0.1) is 0 Å². The van der Waals surface area contributed by atoms with Gasteiger partial charge in [-0.3, -0.25) is 9.97 Å². The quantitative estimate of drug-likeness (QED) is 0.176. The molecule has 0 N–H and O–H groups in total. The van der Waals surface area contributed by atoms with Crippen molar-refractivity contribution in [3.05, 3.63) is 183 Å². The number of pyridine rings is 2. The predicted molar refractivity (Wildman–Crippen MR) is 231 cm³/mol. The molecule has 0 bridgehead atoms. The Morgan fingerprint density at radius 3 is 0.860 bits per heavy atom. The monoisotopic (exact) mass is 730 g/mol. The summed E-state index contributed by atoms with van der Waals surface area (Å²) in [5, 5.41) is 6.52. The highest BCUT2D eigenvalue weighted by molar-refractivity contribution is 6.09. The minimum absolute atomic E-state index is 0.799. The predicted octanol–water partition coefficient (Wildman–Crippen LogP) is 14.5. The van der Waals surface area contributed by atoms with Crippen LogP contribution >= 0.6 is 0 Å². The molecule has 5 aromatic heterocycles.